The number of hydrogen-bond donors (Lipinski definition) is 3. The molecule has 7 nitrogen and oxygen atoms in total. The van der Waals surface area contributed by atoms with Gasteiger partial charge in [-0.15, -0.1) is 0 Å². The van der Waals surface area contributed by atoms with Gasteiger partial charge >= 0.3 is 0 Å². The molecule has 1 heterocycles. The van der Waals surface area contributed by atoms with Crippen molar-refractivity contribution in [3.8, 4) is 0 Å². The summed E-state index contributed by atoms with van der Waals surface area (Å²) in [6, 6.07) is 8.68. The minimum Gasteiger partial charge on any atom is -0.352 e. The van der Waals surface area contributed by atoms with Gasteiger partial charge in [-0.2, -0.15) is 0 Å². The van der Waals surface area contributed by atoms with Gasteiger partial charge in [0.15, 0.2) is 5.96 Å². The first-order valence-corrected chi connectivity index (χ1v) is 10.5. The van der Waals surface area contributed by atoms with Crippen molar-refractivity contribution in [2.75, 3.05) is 47.3 Å². The Hall–Kier alpha value is -2.12. The van der Waals surface area contributed by atoms with Crippen LogP contribution in [0.4, 0.5) is 0 Å². The molecular formula is C22H38N6O. The average Bonchev–Trinajstić information content (AvgIpc) is 3.05. The van der Waals surface area contributed by atoms with Gasteiger partial charge in [-0.3, -0.25) is 14.7 Å². The van der Waals surface area contributed by atoms with Gasteiger partial charge in [0.25, 0.3) is 5.91 Å². The molecule has 7 heteroatoms. The van der Waals surface area contributed by atoms with Crippen LogP contribution in [0.25, 0.3) is 0 Å². The Labute approximate surface area is 175 Å². The minimum atomic E-state index is -0.0373. The molecule has 1 aromatic rings. The standard InChI is InChI=1S/C22H38N6O/c1-16(2)28-14-17(3)20(15-28)26-22(23-4)25-13-18-8-7-9-19(12-18)21(29)24-10-11-27(5)6/h7-9,12,16-17,20H,10-11,13-15H2,1-6H3,(H,24,29)(H2,23,25,26). The minimum absolute atomic E-state index is 0.0373. The Balaban J connectivity index is 1.87. The maximum atomic E-state index is 12.3. The van der Waals surface area contributed by atoms with Gasteiger partial charge in [0.2, 0.25) is 0 Å². The predicted molar refractivity (Wildman–Crippen MR) is 120 cm³/mol. The van der Waals surface area contributed by atoms with Crippen LogP contribution >= 0.6 is 0 Å². The lowest BCUT2D eigenvalue weighted by molar-refractivity contribution is 0.0951. The van der Waals surface area contributed by atoms with Crippen molar-refractivity contribution in [2.24, 2.45) is 10.9 Å². The van der Waals surface area contributed by atoms with E-state index in [2.05, 4.69) is 46.6 Å². The fourth-order valence-electron chi connectivity index (χ4n) is 3.49. The molecule has 29 heavy (non-hydrogen) atoms. The molecule has 3 N–H and O–H groups in total. The third kappa shape index (κ3) is 7.33. The Bertz CT molecular complexity index is 688. The first-order valence-electron chi connectivity index (χ1n) is 10.5. The largest absolute Gasteiger partial charge is 0.352 e. The normalized spacial score (nSPS) is 20.3. The van der Waals surface area contributed by atoms with Crippen molar-refractivity contribution in [2.45, 2.75) is 39.4 Å². The Morgan fingerprint density at radius 1 is 1.28 bits per heavy atom. The number of aliphatic imine (C=N–C) groups is 1. The molecule has 1 aliphatic heterocycles. The summed E-state index contributed by atoms with van der Waals surface area (Å²) in [5, 5.41) is 9.90. The summed E-state index contributed by atoms with van der Waals surface area (Å²) in [6.07, 6.45) is 0. The summed E-state index contributed by atoms with van der Waals surface area (Å²) < 4.78 is 0. The molecule has 162 valence electrons. The second-order valence-corrected chi connectivity index (χ2v) is 8.46. The van der Waals surface area contributed by atoms with E-state index in [4.69, 9.17) is 0 Å². The topological polar surface area (TPSA) is 72.0 Å². The van der Waals surface area contributed by atoms with E-state index in [1.807, 2.05) is 43.3 Å². The smallest absolute Gasteiger partial charge is 0.251 e. The number of nitrogens with one attached hydrogen (secondary N) is 3. The number of carbonyl (C=O) groups excluding carboxylic acids is 1. The highest BCUT2D eigenvalue weighted by molar-refractivity contribution is 5.94. The van der Waals surface area contributed by atoms with E-state index < -0.39 is 0 Å². The monoisotopic (exact) mass is 402 g/mol. The van der Waals surface area contributed by atoms with Crippen LogP contribution in [0.15, 0.2) is 29.3 Å². The molecule has 2 rings (SSSR count). The number of benzene rings is 1. The second kappa shape index (κ2) is 11.2. The van der Waals surface area contributed by atoms with Crippen LogP contribution in [0, 0.1) is 5.92 Å². The fraction of sp³-hybridized carbons (Fsp3) is 0.636. The number of nitrogens with zero attached hydrogens (tertiary/aromatic N) is 3. The van der Waals surface area contributed by atoms with Crippen molar-refractivity contribution >= 4 is 11.9 Å². The van der Waals surface area contributed by atoms with Crippen molar-refractivity contribution in [1.82, 2.24) is 25.8 Å². The zero-order valence-electron chi connectivity index (χ0n) is 18.8. The highest BCUT2D eigenvalue weighted by atomic mass is 16.1. The summed E-state index contributed by atoms with van der Waals surface area (Å²) in [6.45, 7) is 11.0. The fourth-order valence-corrected chi connectivity index (χ4v) is 3.49. The predicted octanol–water partition coefficient (Wildman–Crippen LogP) is 1.37. The molecule has 2 unspecified atom stereocenters. The van der Waals surface area contributed by atoms with E-state index in [0.29, 0.717) is 36.7 Å². The zero-order chi connectivity index (χ0) is 21.4. The lowest BCUT2D eigenvalue weighted by Crippen LogP contribution is -2.46. The second-order valence-electron chi connectivity index (χ2n) is 8.46. The van der Waals surface area contributed by atoms with Crippen LogP contribution in [0.2, 0.25) is 0 Å². The molecule has 1 saturated heterocycles. The molecule has 0 aliphatic carbocycles. The van der Waals surface area contributed by atoms with Crippen LogP contribution < -0.4 is 16.0 Å². The number of rotatable bonds is 8. The van der Waals surface area contributed by atoms with E-state index in [-0.39, 0.29) is 5.91 Å². The third-order valence-electron chi connectivity index (χ3n) is 5.41. The van der Waals surface area contributed by atoms with Crippen molar-refractivity contribution < 1.29 is 4.79 Å². The first-order chi connectivity index (χ1) is 13.8. The van der Waals surface area contributed by atoms with Gasteiger partial charge < -0.3 is 20.9 Å². The lowest BCUT2D eigenvalue weighted by Gasteiger charge is -2.22. The molecule has 2 atom stereocenters. The Kier molecular flexibility index (Phi) is 8.92. The summed E-state index contributed by atoms with van der Waals surface area (Å²) in [7, 11) is 5.78. The first kappa shape index (κ1) is 23.2. The summed E-state index contributed by atoms with van der Waals surface area (Å²) in [4.78, 5) is 21.3. The molecule has 0 radical (unpaired) electrons. The maximum Gasteiger partial charge on any atom is 0.251 e. The molecule has 0 spiro atoms. The number of guanidine groups is 1. The highest BCUT2D eigenvalue weighted by Crippen LogP contribution is 2.18. The Morgan fingerprint density at radius 3 is 2.66 bits per heavy atom. The number of carbonyl (C=O) groups is 1. The van der Waals surface area contributed by atoms with E-state index in [9.17, 15) is 4.79 Å². The number of amides is 1. The van der Waals surface area contributed by atoms with Crippen LogP contribution in [-0.4, -0.2) is 81.1 Å². The molecule has 0 aromatic heterocycles. The molecule has 0 bridgehead atoms. The van der Waals surface area contributed by atoms with Gasteiger partial charge in [0, 0.05) is 57.4 Å². The third-order valence-corrected chi connectivity index (χ3v) is 5.41. The average molecular weight is 403 g/mol. The summed E-state index contributed by atoms with van der Waals surface area (Å²) >= 11 is 0. The zero-order valence-corrected chi connectivity index (χ0v) is 18.8. The van der Waals surface area contributed by atoms with E-state index >= 15 is 0 Å². The van der Waals surface area contributed by atoms with E-state index in [1.54, 1.807) is 7.05 Å². The van der Waals surface area contributed by atoms with Gasteiger partial charge in [0.1, 0.15) is 0 Å². The molecular weight excluding hydrogens is 364 g/mol. The number of likely N-dealkylation sites (N-methyl/N-ethyl adjacent to an activating group) is 1. The molecule has 0 saturated carbocycles. The summed E-state index contributed by atoms with van der Waals surface area (Å²) in [5.41, 5.74) is 1.74. The molecule has 1 aliphatic rings. The van der Waals surface area contributed by atoms with Crippen LogP contribution in [-0.2, 0) is 6.54 Å². The van der Waals surface area contributed by atoms with Gasteiger partial charge in [-0.1, -0.05) is 19.1 Å². The van der Waals surface area contributed by atoms with Crippen molar-refractivity contribution in [3.05, 3.63) is 35.4 Å². The van der Waals surface area contributed by atoms with Crippen LogP contribution in [0.5, 0.6) is 0 Å². The van der Waals surface area contributed by atoms with Crippen LogP contribution in [0.1, 0.15) is 36.7 Å². The number of likely N-dealkylation sites (tertiary alicyclic amines) is 1. The molecule has 1 aromatic carbocycles. The van der Waals surface area contributed by atoms with Gasteiger partial charge in [-0.25, -0.2) is 0 Å². The molecule has 1 amide bonds. The maximum absolute atomic E-state index is 12.3. The molecule has 1 fully saturated rings. The van der Waals surface area contributed by atoms with E-state index in [1.165, 1.54) is 0 Å². The quantitative estimate of drug-likeness (QED) is 0.453. The van der Waals surface area contributed by atoms with Crippen LogP contribution in [0.3, 0.4) is 0 Å². The van der Waals surface area contributed by atoms with Gasteiger partial charge in [-0.05, 0) is 51.6 Å². The van der Waals surface area contributed by atoms with E-state index in [0.717, 1.165) is 31.2 Å². The lowest BCUT2D eigenvalue weighted by atomic mass is 10.1. The van der Waals surface area contributed by atoms with Crippen molar-refractivity contribution in [3.63, 3.8) is 0 Å². The number of hydrogen-bond acceptors (Lipinski definition) is 4. The highest BCUT2D eigenvalue weighted by Gasteiger charge is 2.31. The Morgan fingerprint density at radius 2 is 2.03 bits per heavy atom. The van der Waals surface area contributed by atoms with Crippen molar-refractivity contribution in [1.29, 1.82) is 0 Å². The summed E-state index contributed by atoms with van der Waals surface area (Å²) in [5.74, 6) is 1.34. The van der Waals surface area contributed by atoms with Gasteiger partial charge in [0.05, 0.1) is 0 Å². The SMILES string of the molecule is CN=C(NCc1cccc(C(=O)NCCN(C)C)c1)NC1CN(C(C)C)CC1C.